The van der Waals surface area contributed by atoms with E-state index in [0.29, 0.717) is 5.69 Å². The zero-order chi connectivity index (χ0) is 18.5. The van der Waals surface area contributed by atoms with Crippen LogP contribution in [0.1, 0.15) is 30.5 Å². The van der Waals surface area contributed by atoms with Crippen LogP contribution in [0.3, 0.4) is 0 Å². The largest absolute Gasteiger partial charge is 0.493 e. The predicted molar refractivity (Wildman–Crippen MR) is 105 cm³/mol. The van der Waals surface area contributed by atoms with Crippen molar-refractivity contribution >= 4 is 26.6 Å². The fraction of sp³-hybridized carbons (Fsp3) is 0.300. The number of H-pyrrole nitrogens is 1. The summed E-state index contributed by atoms with van der Waals surface area (Å²) < 4.78 is 31.5. The Bertz CT molecular complexity index is 1100. The number of fused-ring (bicyclic) bond motifs is 2. The molecule has 0 fully saturated rings. The van der Waals surface area contributed by atoms with E-state index in [0.717, 1.165) is 41.5 Å². The molecular formula is C20H22N2O3S. The van der Waals surface area contributed by atoms with Gasteiger partial charge in [0.05, 0.1) is 24.1 Å². The highest BCUT2D eigenvalue weighted by Gasteiger charge is 2.28. The number of benzene rings is 2. The number of aromatic amines is 1. The van der Waals surface area contributed by atoms with Crippen LogP contribution in [0.2, 0.25) is 0 Å². The van der Waals surface area contributed by atoms with E-state index in [1.807, 2.05) is 24.4 Å². The molecule has 6 heteroatoms. The van der Waals surface area contributed by atoms with E-state index in [9.17, 15) is 8.42 Å². The van der Waals surface area contributed by atoms with Gasteiger partial charge in [0.2, 0.25) is 10.0 Å². The highest BCUT2D eigenvalue weighted by Crippen LogP contribution is 2.40. The van der Waals surface area contributed by atoms with Gasteiger partial charge in [-0.1, -0.05) is 38.1 Å². The van der Waals surface area contributed by atoms with Gasteiger partial charge >= 0.3 is 0 Å². The van der Waals surface area contributed by atoms with E-state index in [1.165, 1.54) is 11.1 Å². The monoisotopic (exact) mass is 370 g/mol. The average Bonchev–Trinajstić information content (AvgIpc) is 3.20. The molecule has 0 aliphatic carbocycles. The SMILES string of the molecule is CC(C)(c1ccc2c(c1)CCO2)c1c[nH]c2c(NS(C)(=O)=O)cccc12. The van der Waals surface area contributed by atoms with Crippen molar-refractivity contribution in [2.24, 2.45) is 0 Å². The quantitative estimate of drug-likeness (QED) is 0.734. The van der Waals surface area contributed by atoms with Crippen LogP contribution < -0.4 is 9.46 Å². The fourth-order valence-corrected chi connectivity index (χ4v) is 4.26. The zero-order valence-electron chi connectivity index (χ0n) is 15.1. The molecule has 2 aromatic carbocycles. The fourth-order valence-electron chi connectivity index (χ4n) is 3.69. The Morgan fingerprint density at radius 1 is 1.19 bits per heavy atom. The molecule has 0 spiro atoms. The molecular weight excluding hydrogens is 348 g/mol. The second kappa shape index (κ2) is 5.77. The Kier molecular flexibility index (Phi) is 3.77. The molecule has 3 aromatic rings. The molecule has 0 amide bonds. The third kappa shape index (κ3) is 2.84. The van der Waals surface area contributed by atoms with E-state index < -0.39 is 10.0 Å². The molecule has 2 N–H and O–H groups in total. The number of aromatic nitrogens is 1. The summed E-state index contributed by atoms with van der Waals surface area (Å²) in [6.07, 6.45) is 4.07. The number of hydrogen-bond donors (Lipinski definition) is 2. The van der Waals surface area contributed by atoms with E-state index in [2.05, 4.69) is 35.7 Å². The van der Waals surface area contributed by atoms with Crippen LogP contribution in [0.25, 0.3) is 10.9 Å². The lowest BCUT2D eigenvalue weighted by molar-refractivity contribution is 0.356. The Hall–Kier alpha value is -2.47. The van der Waals surface area contributed by atoms with Crippen molar-refractivity contribution in [2.45, 2.75) is 25.7 Å². The zero-order valence-corrected chi connectivity index (χ0v) is 15.9. The minimum atomic E-state index is -3.34. The van der Waals surface area contributed by atoms with E-state index in [-0.39, 0.29) is 5.41 Å². The van der Waals surface area contributed by atoms with Crippen LogP contribution in [0.5, 0.6) is 5.75 Å². The van der Waals surface area contributed by atoms with Gasteiger partial charge in [-0.05, 0) is 28.8 Å². The van der Waals surface area contributed by atoms with Gasteiger partial charge in [-0.15, -0.1) is 0 Å². The van der Waals surface area contributed by atoms with Crippen LogP contribution in [-0.4, -0.2) is 26.3 Å². The molecule has 26 heavy (non-hydrogen) atoms. The van der Waals surface area contributed by atoms with Crippen molar-refractivity contribution in [1.82, 2.24) is 4.98 Å². The second-order valence-corrected chi connectivity index (χ2v) is 9.10. The first-order chi connectivity index (χ1) is 12.3. The summed E-state index contributed by atoms with van der Waals surface area (Å²) in [5.74, 6) is 0.975. The van der Waals surface area contributed by atoms with E-state index in [1.54, 1.807) is 6.07 Å². The molecule has 4 rings (SSSR count). The van der Waals surface area contributed by atoms with E-state index in [4.69, 9.17) is 4.74 Å². The summed E-state index contributed by atoms with van der Waals surface area (Å²) in [4.78, 5) is 3.26. The molecule has 1 aliphatic rings. The number of hydrogen-bond acceptors (Lipinski definition) is 3. The minimum absolute atomic E-state index is 0.237. The molecule has 0 radical (unpaired) electrons. The highest BCUT2D eigenvalue weighted by atomic mass is 32.2. The smallest absolute Gasteiger partial charge is 0.229 e. The molecule has 1 aromatic heterocycles. The lowest BCUT2D eigenvalue weighted by Gasteiger charge is -2.26. The number of ether oxygens (including phenoxy) is 1. The maximum absolute atomic E-state index is 11.6. The van der Waals surface area contributed by atoms with Gasteiger partial charge < -0.3 is 9.72 Å². The van der Waals surface area contributed by atoms with E-state index >= 15 is 0 Å². The van der Waals surface area contributed by atoms with Gasteiger partial charge in [-0.2, -0.15) is 0 Å². The number of anilines is 1. The number of rotatable bonds is 4. The van der Waals surface area contributed by atoms with Crippen LogP contribution in [0.15, 0.2) is 42.6 Å². The maximum atomic E-state index is 11.6. The number of para-hydroxylation sites is 1. The first kappa shape index (κ1) is 17.0. The van der Waals surface area contributed by atoms with Gasteiger partial charge in [-0.25, -0.2) is 8.42 Å². The van der Waals surface area contributed by atoms with Crippen molar-refractivity contribution in [1.29, 1.82) is 0 Å². The first-order valence-corrected chi connectivity index (χ1v) is 10.5. The summed E-state index contributed by atoms with van der Waals surface area (Å²) in [5.41, 5.74) is 4.71. The third-order valence-electron chi connectivity index (χ3n) is 5.10. The Morgan fingerprint density at radius 3 is 2.77 bits per heavy atom. The summed E-state index contributed by atoms with van der Waals surface area (Å²) in [6, 6.07) is 12.0. The predicted octanol–water partition coefficient (Wildman–Crippen LogP) is 3.80. The van der Waals surface area contributed by atoms with Crippen LogP contribution in [0, 0.1) is 0 Å². The van der Waals surface area contributed by atoms with Gasteiger partial charge in [0.25, 0.3) is 0 Å². The van der Waals surface area contributed by atoms with Gasteiger partial charge in [0, 0.05) is 23.4 Å². The van der Waals surface area contributed by atoms with Crippen molar-refractivity contribution < 1.29 is 13.2 Å². The standard InChI is InChI=1S/C20H22N2O3S/c1-20(2,14-7-8-18-13(11-14)9-10-25-18)16-12-21-19-15(16)5-4-6-17(19)22-26(3,23)24/h4-8,11-12,21-22H,9-10H2,1-3H3. The number of nitrogens with one attached hydrogen (secondary N) is 2. The van der Waals surface area contributed by atoms with Gasteiger partial charge in [0.15, 0.2) is 0 Å². The van der Waals surface area contributed by atoms with Crippen molar-refractivity contribution in [3.05, 3.63) is 59.3 Å². The molecule has 0 atom stereocenters. The van der Waals surface area contributed by atoms with Crippen LogP contribution >= 0.6 is 0 Å². The first-order valence-electron chi connectivity index (χ1n) is 8.60. The lowest BCUT2D eigenvalue weighted by Crippen LogP contribution is -2.18. The van der Waals surface area contributed by atoms with Crippen molar-refractivity contribution in [2.75, 3.05) is 17.6 Å². The third-order valence-corrected chi connectivity index (χ3v) is 5.69. The number of sulfonamides is 1. The molecule has 2 heterocycles. The summed E-state index contributed by atoms with van der Waals surface area (Å²) in [6.45, 7) is 5.11. The molecule has 0 bridgehead atoms. The highest BCUT2D eigenvalue weighted by molar-refractivity contribution is 7.92. The molecule has 5 nitrogen and oxygen atoms in total. The summed E-state index contributed by atoms with van der Waals surface area (Å²) in [7, 11) is -3.34. The van der Waals surface area contributed by atoms with Crippen LogP contribution in [0.4, 0.5) is 5.69 Å². The lowest BCUT2D eigenvalue weighted by atomic mass is 9.77. The molecule has 0 unspecified atom stereocenters. The normalized spacial score (nSPS) is 14.3. The Labute approximate surface area is 153 Å². The van der Waals surface area contributed by atoms with Gasteiger partial charge in [-0.3, -0.25) is 4.72 Å². The summed E-state index contributed by atoms with van der Waals surface area (Å²) >= 11 is 0. The van der Waals surface area contributed by atoms with Crippen molar-refractivity contribution in [3.63, 3.8) is 0 Å². The average molecular weight is 370 g/mol. The van der Waals surface area contributed by atoms with Crippen LogP contribution in [-0.2, 0) is 21.9 Å². The summed E-state index contributed by atoms with van der Waals surface area (Å²) in [5, 5.41) is 1.01. The minimum Gasteiger partial charge on any atom is -0.493 e. The Morgan fingerprint density at radius 2 is 2.00 bits per heavy atom. The van der Waals surface area contributed by atoms with Gasteiger partial charge in [0.1, 0.15) is 5.75 Å². The topological polar surface area (TPSA) is 71.2 Å². The molecule has 1 aliphatic heterocycles. The van der Waals surface area contributed by atoms with Crippen molar-refractivity contribution in [3.8, 4) is 5.75 Å². The molecule has 0 saturated carbocycles. The molecule has 136 valence electrons. The Balaban J connectivity index is 1.82. The second-order valence-electron chi connectivity index (χ2n) is 7.35. The maximum Gasteiger partial charge on any atom is 0.229 e. The molecule has 0 saturated heterocycles.